The van der Waals surface area contributed by atoms with E-state index in [2.05, 4.69) is 6.58 Å². The number of hydrogen-bond donors (Lipinski definition) is 0. The average molecular weight is 324 g/mol. The summed E-state index contributed by atoms with van der Waals surface area (Å²) in [7, 11) is 0. The van der Waals surface area contributed by atoms with Gasteiger partial charge in [0.1, 0.15) is 18.5 Å². The van der Waals surface area contributed by atoms with Crippen LogP contribution in [0, 0.1) is 0 Å². The second-order valence-corrected chi connectivity index (χ2v) is 5.20. The third-order valence-corrected chi connectivity index (χ3v) is 3.49. The van der Waals surface area contributed by atoms with Gasteiger partial charge in [0.25, 0.3) is 0 Å². The van der Waals surface area contributed by atoms with Crippen LogP contribution in [0.15, 0.2) is 67.3 Å². The largest absolute Gasteiger partial charge is 0.490 e. The summed E-state index contributed by atoms with van der Waals surface area (Å²) in [5.41, 5.74) is 1.24. The van der Waals surface area contributed by atoms with Gasteiger partial charge in [-0.3, -0.25) is 4.79 Å². The maximum absolute atomic E-state index is 12.3. The van der Waals surface area contributed by atoms with Crippen LogP contribution in [0.4, 0.5) is 0 Å². The smallest absolute Gasteiger partial charge is 0.330 e. The Morgan fingerprint density at radius 2 is 1.67 bits per heavy atom. The van der Waals surface area contributed by atoms with E-state index in [1.807, 2.05) is 25.1 Å². The van der Waals surface area contributed by atoms with Crippen molar-refractivity contribution in [3.8, 4) is 5.75 Å². The first kappa shape index (κ1) is 17.5. The molecule has 0 bridgehead atoms. The van der Waals surface area contributed by atoms with E-state index in [-0.39, 0.29) is 18.5 Å². The van der Waals surface area contributed by atoms with Crippen molar-refractivity contribution in [3.63, 3.8) is 0 Å². The van der Waals surface area contributed by atoms with Gasteiger partial charge in [0, 0.05) is 17.2 Å². The van der Waals surface area contributed by atoms with Crippen LogP contribution in [0.5, 0.6) is 5.75 Å². The van der Waals surface area contributed by atoms with E-state index in [4.69, 9.17) is 9.47 Å². The number of ether oxygens (including phenoxy) is 2. The molecule has 0 saturated heterocycles. The molecule has 0 aromatic heterocycles. The lowest BCUT2D eigenvalue weighted by molar-refractivity contribution is -0.144. The third-order valence-electron chi connectivity index (χ3n) is 3.49. The molecule has 124 valence electrons. The van der Waals surface area contributed by atoms with Crippen LogP contribution in [0.25, 0.3) is 0 Å². The molecule has 0 fully saturated rings. The monoisotopic (exact) mass is 324 g/mol. The van der Waals surface area contributed by atoms with Gasteiger partial charge in [-0.05, 0) is 30.7 Å². The molecule has 0 saturated carbocycles. The Kier molecular flexibility index (Phi) is 6.32. The van der Waals surface area contributed by atoms with E-state index in [1.165, 1.54) is 0 Å². The fourth-order valence-electron chi connectivity index (χ4n) is 2.10. The number of benzene rings is 2. The highest BCUT2D eigenvalue weighted by molar-refractivity contribution is 6.08. The van der Waals surface area contributed by atoms with Crippen molar-refractivity contribution in [1.82, 2.24) is 0 Å². The van der Waals surface area contributed by atoms with E-state index in [9.17, 15) is 9.59 Å². The molecule has 1 unspecified atom stereocenters. The van der Waals surface area contributed by atoms with Gasteiger partial charge in [0.05, 0.1) is 0 Å². The number of hydrogen-bond acceptors (Lipinski definition) is 4. The van der Waals surface area contributed by atoms with Crippen LogP contribution >= 0.6 is 0 Å². The minimum atomic E-state index is -0.464. The first-order chi connectivity index (χ1) is 11.6. The van der Waals surface area contributed by atoms with E-state index >= 15 is 0 Å². The molecule has 0 heterocycles. The predicted octanol–water partition coefficient (Wildman–Crippen LogP) is 3.80. The predicted molar refractivity (Wildman–Crippen MR) is 92.2 cm³/mol. The highest BCUT2D eigenvalue weighted by atomic mass is 16.6. The molecular weight excluding hydrogens is 304 g/mol. The van der Waals surface area contributed by atoms with Gasteiger partial charge in [-0.2, -0.15) is 0 Å². The number of esters is 1. The van der Waals surface area contributed by atoms with Gasteiger partial charge < -0.3 is 9.47 Å². The molecule has 1 atom stereocenters. The molecule has 0 aliphatic carbocycles. The average Bonchev–Trinajstić information content (AvgIpc) is 2.65. The Hall–Kier alpha value is -2.88. The normalized spacial score (nSPS) is 11.4. The Bertz CT molecular complexity index is 689. The first-order valence-electron chi connectivity index (χ1n) is 7.79. The Morgan fingerprint density at radius 1 is 1.04 bits per heavy atom. The molecule has 4 heteroatoms. The Morgan fingerprint density at radius 3 is 2.25 bits per heavy atom. The second kappa shape index (κ2) is 8.67. The van der Waals surface area contributed by atoms with E-state index < -0.39 is 5.97 Å². The molecule has 0 aliphatic rings. The summed E-state index contributed by atoms with van der Waals surface area (Å²) in [5.74, 6) is 0.121. The van der Waals surface area contributed by atoms with Crippen molar-refractivity contribution in [2.75, 3.05) is 6.61 Å². The highest BCUT2D eigenvalue weighted by Crippen LogP contribution is 2.16. The summed E-state index contributed by atoms with van der Waals surface area (Å²) in [6.45, 7) is 5.53. The minimum absolute atomic E-state index is 0.0338. The summed E-state index contributed by atoms with van der Waals surface area (Å²) in [4.78, 5) is 23.5. The first-order valence-corrected chi connectivity index (χ1v) is 7.79. The highest BCUT2D eigenvalue weighted by Gasteiger charge is 2.12. The quantitative estimate of drug-likeness (QED) is 0.421. The number of rotatable bonds is 8. The van der Waals surface area contributed by atoms with Crippen molar-refractivity contribution in [3.05, 3.63) is 78.4 Å². The van der Waals surface area contributed by atoms with Crippen LogP contribution in [0.2, 0.25) is 0 Å². The summed E-state index contributed by atoms with van der Waals surface area (Å²) >= 11 is 0. The molecule has 0 aliphatic heterocycles. The molecule has 0 radical (unpaired) electrons. The van der Waals surface area contributed by atoms with E-state index in [0.29, 0.717) is 23.3 Å². The maximum Gasteiger partial charge on any atom is 0.330 e. The molecule has 4 nitrogen and oxygen atoms in total. The maximum atomic E-state index is 12.3. The Labute approximate surface area is 141 Å². The lowest BCUT2D eigenvalue weighted by atomic mass is 10.0. The van der Waals surface area contributed by atoms with Crippen LogP contribution < -0.4 is 4.74 Å². The zero-order valence-corrected chi connectivity index (χ0v) is 13.6. The van der Waals surface area contributed by atoms with Gasteiger partial charge in [-0.1, -0.05) is 43.8 Å². The van der Waals surface area contributed by atoms with Gasteiger partial charge in [0.15, 0.2) is 5.78 Å². The van der Waals surface area contributed by atoms with Gasteiger partial charge >= 0.3 is 5.97 Å². The van der Waals surface area contributed by atoms with Gasteiger partial charge in [-0.25, -0.2) is 4.79 Å². The van der Waals surface area contributed by atoms with Crippen molar-refractivity contribution < 1.29 is 19.1 Å². The molecule has 2 aromatic carbocycles. The summed E-state index contributed by atoms with van der Waals surface area (Å²) in [5, 5.41) is 0. The Balaban J connectivity index is 1.95. The zero-order chi connectivity index (χ0) is 17.4. The van der Waals surface area contributed by atoms with Crippen LogP contribution in [-0.2, 0) is 9.53 Å². The standard InChI is InChI=1S/C20H20O4/c1-3-17(24-19(21)4-2)14-23-18-12-10-16(11-13-18)20(22)15-8-6-5-7-9-15/h4-13,17H,2-3,14H2,1H3. The van der Waals surface area contributed by atoms with Crippen LogP contribution in [-0.4, -0.2) is 24.5 Å². The molecule has 24 heavy (non-hydrogen) atoms. The topological polar surface area (TPSA) is 52.6 Å². The van der Waals surface area contributed by atoms with Crippen molar-refractivity contribution in [1.29, 1.82) is 0 Å². The summed E-state index contributed by atoms with van der Waals surface area (Å²) in [6.07, 6.45) is 1.44. The van der Waals surface area contributed by atoms with Crippen molar-refractivity contribution in [2.45, 2.75) is 19.4 Å². The molecular formula is C20H20O4. The summed E-state index contributed by atoms with van der Waals surface area (Å²) < 4.78 is 10.8. The number of carbonyl (C=O) groups excluding carboxylic acids is 2. The SMILES string of the molecule is C=CC(=O)OC(CC)COc1ccc(C(=O)c2ccccc2)cc1. The molecule has 0 N–H and O–H groups in total. The molecule has 0 spiro atoms. The fourth-order valence-corrected chi connectivity index (χ4v) is 2.10. The molecule has 2 aromatic rings. The third kappa shape index (κ3) is 4.81. The lowest BCUT2D eigenvalue weighted by Gasteiger charge is -2.16. The van der Waals surface area contributed by atoms with E-state index in [1.54, 1.807) is 36.4 Å². The molecule has 0 amide bonds. The molecule has 2 rings (SSSR count). The van der Waals surface area contributed by atoms with E-state index in [0.717, 1.165) is 6.08 Å². The van der Waals surface area contributed by atoms with Crippen molar-refractivity contribution in [2.24, 2.45) is 0 Å². The lowest BCUT2D eigenvalue weighted by Crippen LogP contribution is -2.23. The van der Waals surface area contributed by atoms with Crippen molar-refractivity contribution >= 4 is 11.8 Å². The number of carbonyl (C=O) groups is 2. The summed E-state index contributed by atoms with van der Waals surface area (Å²) in [6, 6.07) is 16.0. The minimum Gasteiger partial charge on any atom is -0.490 e. The second-order valence-electron chi connectivity index (χ2n) is 5.20. The fraction of sp³-hybridized carbons (Fsp3) is 0.200. The van der Waals surface area contributed by atoms with Gasteiger partial charge in [-0.15, -0.1) is 0 Å². The van der Waals surface area contributed by atoms with Crippen LogP contribution in [0.3, 0.4) is 0 Å². The number of ketones is 1. The zero-order valence-electron chi connectivity index (χ0n) is 13.6. The van der Waals surface area contributed by atoms with Crippen LogP contribution in [0.1, 0.15) is 29.3 Å². The van der Waals surface area contributed by atoms with Gasteiger partial charge in [0.2, 0.25) is 0 Å².